The molecule has 2 heteroatoms. The van der Waals surface area contributed by atoms with Crippen LogP contribution in [0, 0.1) is 23.2 Å². The molecule has 1 aliphatic carbocycles. The van der Waals surface area contributed by atoms with Gasteiger partial charge in [-0.15, -0.1) is 0 Å². The Labute approximate surface area is 92.0 Å². The van der Waals surface area contributed by atoms with Gasteiger partial charge in [0.2, 0.25) is 0 Å². The number of hydrogen-bond donors (Lipinski definition) is 0. The van der Waals surface area contributed by atoms with E-state index in [9.17, 15) is 4.79 Å². The number of carbonyl (C=O) groups is 1. The predicted molar refractivity (Wildman–Crippen MR) is 60.1 cm³/mol. The first-order valence-corrected chi connectivity index (χ1v) is 5.87. The van der Waals surface area contributed by atoms with Gasteiger partial charge in [-0.2, -0.15) is 0 Å². The monoisotopic (exact) mass is 205 g/mol. The summed E-state index contributed by atoms with van der Waals surface area (Å²) in [4.78, 5) is 13.4. The standard InChI is InChI=1S/C13H19NO/c1-3-4-12(15)14-7-5-13(6-8-14)9-11(2)10-13/h11H,5-10H2,1-2H3. The molecule has 0 N–H and O–H groups in total. The van der Waals surface area contributed by atoms with Gasteiger partial charge in [0.1, 0.15) is 0 Å². The fraction of sp³-hybridized carbons (Fsp3) is 0.769. The van der Waals surface area contributed by atoms with Gasteiger partial charge in [0.15, 0.2) is 0 Å². The molecule has 1 heterocycles. The van der Waals surface area contributed by atoms with Crippen LogP contribution in [0.5, 0.6) is 0 Å². The summed E-state index contributed by atoms with van der Waals surface area (Å²) in [6, 6.07) is 0. The maximum absolute atomic E-state index is 11.5. The van der Waals surface area contributed by atoms with Gasteiger partial charge in [0.25, 0.3) is 5.91 Å². The van der Waals surface area contributed by atoms with Crippen molar-refractivity contribution in [3.63, 3.8) is 0 Å². The number of likely N-dealkylation sites (tertiary alicyclic amines) is 1. The largest absolute Gasteiger partial charge is 0.332 e. The molecular formula is C13H19NO. The van der Waals surface area contributed by atoms with Gasteiger partial charge in [-0.05, 0) is 49.9 Å². The molecule has 15 heavy (non-hydrogen) atoms. The molecule has 2 fully saturated rings. The average molecular weight is 205 g/mol. The number of carbonyl (C=O) groups excluding carboxylic acids is 1. The summed E-state index contributed by atoms with van der Waals surface area (Å²) in [5.74, 6) is 6.22. The van der Waals surface area contributed by atoms with Crippen LogP contribution in [0.1, 0.15) is 39.5 Å². The molecule has 0 unspecified atom stereocenters. The van der Waals surface area contributed by atoms with Gasteiger partial charge in [-0.25, -0.2) is 0 Å². The molecule has 1 amide bonds. The first-order valence-electron chi connectivity index (χ1n) is 5.87. The summed E-state index contributed by atoms with van der Waals surface area (Å²) in [5.41, 5.74) is 0.593. The van der Waals surface area contributed by atoms with Crippen molar-refractivity contribution in [2.45, 2.75) is 39.5 Å². The number of amides is 1. The van der Waals surface area contributed by atoms with Crippen LogP contribution < -0.4 is 0 Å². The van der Waals surface area contributed by atoms with Crippen molar-refractivity contribution in [2.24, 2.45) is 11.3 Å². The highest BCUT2D eigenvalue weighted by molar-refractivity contribution is 5.93. The van der Waals surface area contributed by atoms with Crippen LogP contribution in [-0.2, 0) is 4.79 Å². The molecule has 2 nitrogen and oxygen atoms in total. The van der Waals surface area contributed by atoms with Gasteiger partial charge < -0.3 is 4.90 Å². The van der Waals surface area contributed by atoms with E-state index >= 15 is 0 Å². The van der Waals surface area contributed by atoms with Crippen molar-refractivity contribution in [1.82, 2.24) is 4.90 Å². The minimum Gasteiger partial charge on any atom is -0.332 e. The quantitative estimate of drug-likeness (QED) is 0.554. The molecular weight excluding hydrogens is 186 g/mol. The zero-order chi connectivity index (χ0) is 10.9. The summed E-state index contributed by atoms with van der Waals surface area (Å²) in [6.07, 6.45) is 5.12. The smallest absolute Gasteiger partial charge is 0.298 e. The van der Waals surface area contributed by atoms with E-state index in [1.54, 1.807) is 6.92 Å². The molecule has 0 atom stereocenters. The number of hydrogen-bond acceptors (Lipinski definition) is 1. The normalized spacial score (nSPS) is 24.3. The maximum Gasteiger partial charge on any atom is 0.298 e. The summed E-state index contributed by atoms with van der Waals surface area (Å²) < 4.78 is 0. The highest BCUT2D eigenvalue weighted by Crippen LogP contribution is 2.52. The topological polar surface area (TPSA) is 20.3 Å². The molecule has 0 aromatic heterocycles. The average Bonchev–Trinajstić information content (AvgIpc) is 2.17. The zero-order valence-electron chi connectivity index (χ0n) is 9.68. The van der Waals surface area contributed by atoms with Crippen LogP contribution in [0.3, 0.4) is 0 Å². The molecule has 0 aromatic rings. The van der Waals surface area contributed by atoms with Crippen LogP contribution >= 0.6 is 0 Å². The van der Waals surface area contributed by atoms with Crippen LogP contribution in [0.15, 0.2) is 0 Å². The lowest BCUT2D eigenvalue weighted by molar-refractivity contribution is -0.129. The van der Waals surface area contributed by atoms with Crippen molar-refractivity contribution >= 4 is 5.91 Å². The third-order valence-electron chi connectivity index (χ3n) is 3.91. The van der Waals surface area contributed by atoms with E-state index in [1.165, 1.54) is 25.7 Å². The Kier molecular flexibility index (Phi) is 2.73. The lowest BCUT2D eigenvalue weighted by Crippen LogP contribution is -2.47. The van der Waals surface area contributed by atoms with Crippen LogP contribution in [0.2, 0.25) is 0 Å². The summed E-state index contributed by atoms with van der Waals surface area (Å²) >= 11 is 0. The first kappa shape index (κ1) is 10.5. The summed E-state index contributed by atoms with van der Waals surface area (Å²) in [5, 5.41) is 0. The molecule has 1 saturated heterocycles. The Hall–Kier alpha value is -0.970. The van der Waals surface area contributed by atoms with Crippen molar-refractivity contribution in [2.75, 3.05) is 13.1 Å². The second-order valence-corrected chi connectivity index (χ2v) is 5.18. The van der Waals surface area contributed by atoms with Crippen LogP contribution in [-0.4, -0.2) is 23.9 Å². The second kappa shape index (κ2) is 3.89. The fourth-order valence-corrected chi connectivity index (χ4v) is 3.20. The third-order valence-corrected chi connectivity index (χ3v) is 3.91. The molecule has 1 spiro atoms. The van der Waals surface area contributed by atoms with E-state index in [-0.39, 0.29) is 5.91 Å². The highest BCUT2D eigenvalue weighted by atomic mass is 16.2. The lowest BCUT2D eigenvalue weighted by Gasteiger charge is -2.51. The van der Waals surface area contributed by atoms with Gasteiger partial charge in [-0.3, -0.25) is 4.79 Å². The van der Waals surface area contributed by atoms with E-state index in [1.807, 2.05) is 4.90 Å². The third kappa shape index (κ3) is 2.02. The van der Waals surface area contributed by atoms with Crippen molar-refractivity contribution in [3.8, 4) is 11.8 Å². The van der Waals surface area contributed by atoms with E-state index in [0.29, 0.717) is 5.41 Å². The Morgan fingerprint density at radius 1 is 1.33 bits per heavy atom. The predicted octanol–water partition coefficient (Wildman–Crippen LogP) is 2.05. The van der Waals surface area contributed by atoms with E-state index in [0.717, 1.165) is 19.0 Å². The van der Waals surface area contributed by atoms with E-state index in [2.05, 4.69) is 18.8 Å². The van der Waals surface area contributed by atoms with Crippen molar-refractivity contribution in [3.05, 3.63) is 0 Å². The van der Waals surface area contributed by atoms with Crippen LogP contribution in [0.25, 0.3) is 0 Å². The molecule has 1 saturated carbocycles. The Morgan fingerprint density at radius 3 is 2.40 bits per heavy atom. The fourth-order valence-electron chi connectivity index (χ4n) is 3.20. The molecule has 0 radical (unpaired) electrons. The van der Waals surface area contributed by atoms with Crippen molar-refractivity contribution < 1.29 is 4.79 Å². The first-order chi connectivity index (χ1) is 7.15. The number of piperidine rings is 1. The molecule has 0 bridgehead atoms. The second-order valence-electron chi connectivity index (χ2n) is 5.18. The molecule has 2 aliphatic rings. The van der Waals surface area contributed by atoms with Crippen LogP contribution in [0.4, 0.5) is 0 Å². The minimum atomic E-state index is 0.0136. The molecule has 2 rings (SSSR count). The lowest BCUT2D eigenvalue weighted by atomic mass is 9.58. The van der Waals surface area contributed by atoms with Gasteiger partial charge >= 0.3 is 0 Å². The highest BCUT2D eigenvalue weighted by Gasteiger charge is 2.44. The Balaban J connectivity index is 1.86. The Morgan fingerprint density at radius 2 is 1.93 bits per heavy atom. The van der Waals surface area contributed by atoms with Crippen molar-refractivity contribution in [1.29, 1.82) is 0 Å². The van der Waals surface area contributed by atoms with Gasteiger partial charge in [-0.1, -0.05) is 12.8 Å². The SMILES string of the molecule is CC#CC(=O)N1CCC2(CC1)CC(C)C2. The summed E-state index contributed by atoms with van der Waals surface area (Å²) in [7, 11) is 0. The van der Waals surface area contributed by atoms with Gasteiger partial charge in [0, 0.05) is 13.1 Å². The number of rotatable bonds is 0. The molecule has 0 aromatic carbocycles. The van der Waals surface area contributed by atoms with Gasteiger partial charge in [0.05, 0.1) is 0 Å². The molecule has 1 aliphatic heterocycles. The minimum absolute atomic E-state index is 0.0136. The van der Waals surface area contributed by atoms with E-state index in [4.69, 9.17) is 0 Å². The summed E-state index contributed by atoms with van der Waals surface area (Å²) in [6.45, 7) is 5.88. The number of nitrogens with zero attached hydrogens (tertiary/aromatic N) is 1. The maximum atomic E-state index is 11.5. The van der Waals surface area contributed by atoms with E-state index < -0.39 is 0 Å². The molecule has 82 valence electrons. The zero-order valence-corrected chi connectivity index (χ0v) is 9.68. The Bertz CT molecular complexity index is 307.